The number of aromatic nitrogens is 2. The Hall–Kier alpha value is -1.97. The topological polar surface area (TPSA) is 54.9 Å². The number of carbonyl (C=O) groups is 1. The van der Waals surface area contributed by atoms with Crippen molar-refractivity contribution in [2.45, 2.75) is 0 Å². The summed E-state index contributed by atoms with van der Waals surface area (Å²) in [6.07, 6.45) is 1.48. The zero-order valence-electron chi connectivity index (χ0n) is 10.2. The van der Waals surface area contributed by atoms with Crippen LogP contribution in [0, 0.1) is 0 Å². The van der Waals surface area contributed by atoms with Crippen molar-refractivity contribution < 1.29 is 8.91 Å². The lowest BCUT2D eigenvalue weighted by Gasteiger charge is -1.99. The van der Waals surface area contributed by atoms with Crippen LogP contribution in [0.1, 0.15) is 14.7 Å². The van der Waals surface area contributed by atoms with Crippen LogP contribution in [0.5, 0.6) is 0 Å². The molecule has 4 heteroatoms. The first-order chi connectivity index (χ1) is 7.96. The van der Waals surface area contributed by atoms with Crippen LogP contribution in [-0.2, 0) is 0 Å². The summed E-state index contributed by atoms with van der Waals surface area (Å²) in [6.45, 7) is -2.54. The second kappa shape index (κ2) is 3.41. The molecule has 0 fully saturated rings. The summed E-state index contributed by atoms with van der Waals surface area (Å²) >= 11 is 0. The molecule has 0 saturated heterocycles. The van der Waals surface area contributed by atoms with Crippen molar-refractivity contribution in [3.05, 3.63) is 36.3 Å². The van der Waals surface area contributed by atoms with Crippen LogP contribution in [0.2, 0.25) is 0 Å². The molecule has 1 aromatic carbocycles. The average Bonchev–Trinajstić information content (AvgIpc) is 2.26. The highest BCUT2D eigenvalue weighted by Gasteiger charge is 2.06. The number of carbonyl (C=O) groups excluding carboxylic acids is 1. The summed E-state index contributed by atoms with van der Waals surface area (Å²) in [5, 5.41) is 2.63. The Kier molecular flexibility index (Phi) is 1.39. The highest BCUT2D eigenvalue weighted by atomic mass is 16.2. The normalized spacial score (nSPS) is 14.1. The Morgan fingerprint density at radius 3 is 3.21 bits per heavy atom. The van der Waals surface area contributed by atoms with Crippen molar-refractivity contribution >= 4 is 16.8 Å². The van der Waals surface area contributed by atoms with E-state index in [1.165, 1.54) is 6.20 Å². The highest BCUT2D eigenvalue weighted by molar-refractivity contribution is 5.92. The molecule has 2 aromatic rings. The average molecular weight is 190 g/mol. The van der Waals surface area contributed by atoms with Crippen LogP contribution in [0.4, 0.5) is 0 Å². The Bertz CT molecular complexity index is 568. The predicted molar refractivity (Wildman–Crippen MR) is 52.9 cm³/mol. The maximum absolute atomic E-state index is 11.5. The molecule has 0 bridgehead atoms. The van der Waals surface area contributed by atoms with Gasteiger partial charge in [0.05, 0.1) is 5.52 Å². The Morgan fingerprint density at radius 1 is 1.50 bits per heavy atom. The molecule has 1 N–H and O–H groups in total. The van der Waals surface area contributed by atoms with Crippen molar-refractivity contribution in [2.75, 3.05) is 6.98 Å². The van der Waals surface area contributed by atoms with Crippen LogP contribution in [0.15, 0.2) is 30.5 Å². The van der Waals surface area contributed by atoms with E-state index in [2.05, 4.69) is 9.97 Å². The van der Waals surface area contributed by atoms with E-state index in [4.69, 9.17) is 4.11 Å². The maximum atomic E-state index is 11.5. The lowest BCUT2D eigenvalue weighted by Crippen LogP contribution is -2.20. The Balaban J connectivity index is 2.33. The minimum absolute atomic E-state index is 0.153. The number of amides is 1. The van der Waals surface area contributed by atoms with Crippen LogP contribution in [0.25, 0.3) is 10.9 Å². The molecule has 0 aliphatic rings. The SMILES string of the molecule is [2H]C([2H])([2H])NC(=O)c1ncc2ccccc2n1. The number of hydrogen-bond acceptors (Lipinski definition) is 3. The van der Waals surface area contributed by atoms with E-state index in [-0.39, 0.29) is 5.82 Å². The van der Waals surface area contributed by atoms with E-state index in [0.717, 1.165) is 5.39 Å². The Labute approximate surface area is 85.2 Å². The predicted octanol–water partition coefficient (Wildman–Crippen LogP) is 0.989. The molecule has 1 amide bonds. The molecule has 0 atom stereocenters. The molecule has 14 heavy (non-hydrogen) atoms. The molecule has 1 heterocycles. The molecule has 0 unspecified atom stereocenters. The second-order valence-corrected chi connectivity index (χ2v) is 2.71. The van der Waals surface area contributed by atoms with Crippen LogP contribution in [0.3, 0.4) is 0 Å². The third kappa shape index (κ3) is 1.42. The minimum atomic E-state index is -2.54. The Morgan fingerprint density at radius 2 is 2.36 bits per heavy atom. The summed E-state index contributed by atoms with van der Waals surface area (Å²) in [5.74, 6) is -0.962. The lowest BCUT2D eigenvalue weighted by molar-refractivity contribution is 0.0953. The minimum Gasteiger partial charge on any atom is -0.352 e. The number of nitrogens with one attached hydrogen (secondary N) is 1. The van der Waals surface area contributed by atoms with Gasteiger partial charge in [-0.2, -0.15) is 0 Å². The number of para-hydroxylation sites is 1. The van der Waals surface area contributed by atoms with Crippen LogP contribution >= 0.6 is 0 Å². The van der Waals surface area contributed by atoms with Gasteiger partial charge in [-0.1, -0.05) is 18.2 Å². The monoisotopic (exact) mass is 190 g/mol. The molecule has 0 spiro atoms. The number of nitrogens with zero attached hydrogens (tertiary/aromatic N) is 2. The quantitative estimate of drug-likeness (QED) is 0.729. The summed E-state index contributed by atoms with van der Waals surface area (Å²) in [6, 6.07) is 7.14. The third-order valence-corrected chi connectivity index (χ3v) is 1.81. The van der Waals surface area contributed by atoms with Gasteiger partial charge in [0.15, 0.2) is 0 Å². The van der Waals surface area contributed by atoms with Gasteiger partial charge in [0.2, 0.25) is 5.82 Å². The zero-order valence-corrected chi connectivity index (χ0v) is 7.19. The summed E-state index contributed by atoms with van der Waals surface area (Å²) in [5.41, 5.74) is 0.596. The fraction of sp³-hybridized carbons (Fsp3) is 0.100. The third-order valence-electron chi connectivity index (χ3n) is 1.81. The smallest absolute Gasteiger partial charge is 0.288 e. The van der Waals surface area contributed by atoms with E-state index in [1.807, 2.05) is 11.4 Å². The van der Waals surface area contributed by atoms with E-state index in [0.29, 0.717) is 5.52 Å². The van der Waals surface area contributed by atoms with Gasteiger partial charge in [-0.3, -0.25) is 4.79 Å². The van der Waals surface area contributed by atoms with Gasteiger partial charge in [0.1, 0.15) is 0 Å². The molecular weight excluding hydrogens is 178 g/mol. The molecule has 70 valence electrons. The molecular formula is C10H9N3O. The van der Waals surface area contributed by atoms with Gasteiger partial charge < -0.3 is 5.32 Å². The van der Waals surface area contributed by atoms with Crippen molar-refractivity contribution in [1.82, 2.24) is 15.3 Å². The summed E-state index contributed by atoms with van der Waals surface area (Å²) in [4.78, 5) is 19.3. The largest absolute Gasteiger partial charge is 0.352 e. The molecule has 0 radical (unpaired) electrons. The van der Waals surface area contributed by atoms with Gasteiger partial charge in [0.25, 0.3) is 5.91 Å². The molecule has 0 aliphatic heterocycles. The molecule has 4 nitrogen and oxygen atoms in total. The van der Waals surface area contributed by atoms with E-state index in [9.17, 15) is 4.79 Å². The van der Waals surface area contributed by atoms with E-state index < -0.39 is 12.9 Å². The standard InChI is InChI=1S/C10H9N3O/c1-11-10(14)9-12-6-7-4-2-3-5-8(7)13-9/h2-6H,1H3,(H,11,14)/i1D3. The van der Waals surface area contributed by atoms with Crippen molar-refractivity contribution in [1.29, 1.82) is 0 Å². The highest BCUT2D eigenvalue weighted by Crippen LogP contribution is 2.08. The van der Waals surface area contributed by atoms with E-state index >= 15 is 0 Å². The van der Waals surface area contributed by atoms with Crippen molar-refractivity contribution in [2.24, 2.45) is 0 Å². The first-order valence-corrected chi connectivity index (χ1v) is 4.00. The maximum Gasteiger partial charge on any atom is 0.288 e. The van der Waals surface area contributed by atoms with Gasteiger partial charge >= 0.3 is 0 Å². The number of fused-ring (bicyclic) bond motifs is 1. The fourth-order valence-electron chi connectivity index (χ4n) is 1.14. The van der Waals surface area contributed by atoms with Crippen LogP contribution < -0.4 is 5.32 Å². The lowest BCUT2D eigenvalue weighted by atomic mass is 10.2. The first kappa shape index (κ1) is 5.70. The van der Waals surface area contributed by atoms with Gasteiger partial charge in [-0.15, -0.1) is 0 Å². The summed E-state index contributed by atoms with van der Waals surface area (Å²) < 4.78 is 20.8. The number of benzene rings is 1. The summed E-state index contributed by atoms with van der Waals surface area (Å²) in [7, 11) is 0. The molecule has 1 aromatic heterocycles. The van der Waals surface area contributed by atoms with Gasteiger partial charge in [-0.05, 0) is 6.07 Å². The number of hydrogen-bond donors (Lipinski definition) is 1. The van der Waals surface area contributed by atoms with Crippen molar-refractivity contribution in [3.63, 3.8) is 0 Å². The first-order valence-electron chi connectivity index (χ1n) is 5.50. The molecule has 0 aliphatic carbocycles. The fourth-order valence-corrected chi connectivity index (χ4v) is 1.14. The van der Waals surface area contributed by atoms with Crippen molar-refractivity contribution in [3.8, 4) is 0 Å². The van der Waals surface area contributed by atoms with Gasteiger partial charge in [-0.25, -0.2) is 9.97 Å². The van der Waals surface area contributed by atoms with Crippen LogP contribution in [-0.4, -0.2) is 22.9 Å². The zero-order chi connectivity index (χ0) is 12.5. The van der Waals surface area contributed by atoms with E-state index in [1.54, 1.807) is 18.2 Å². The second-order valence-electron chi connectivity index (χ2n) is 2.71. The number of rotatable bonds is 1. The molecule has 0 saturated carbocycles. The van der Waals surface area contributed by atoms with Gasteiger partial charge in [0, 0.05) is 22.7 Å². The molecule has 2 rings (SSSR count).